The van der Waals surface area contributed by atoms with E-state index >= 15 is 0 Å². The van der Waals surface area contributed by atoms with E-state index in [0.29, 0.717) is 37.3 Å². The lowest BCUT2D eigenvalue weighted by molar-refractivity contribution is -0.119. The summed E-state index contributed by atoms with van der Waals surface area (Å²) in [6.07, 6.45) is 3.96. The minimum atomic E-state index is -0.212. The fourth-order valence-corrected chi connectivity index (χ4v) is 3.11. The molecule has 1 N–H and O–H groups in total. The van der Waals surface area contributed by atoms with Crippen molar-refractivity contribution >= 4 is 5.78 Å². The third kappa shape index (κ3) is 4.55. The molecule has 0 unspecified atom stereocenters. The third-order valence-electron chi connectivity index (χ3n) is 4.54. The molecule has 3 rings (SSSR count). The number of aromatic amines is 1. The van der Waals surface area contributed by atoms with Gasteiger partial charge in [0.15, 0.2) is 0 Å². The van der Waals surface area contributed by atoms with Gasteiger partial charge in [0, 0.05) is 42.2 Å². The smallest absolute Gasteiger partial charge is 0.252 e. The highest BCUT2D eigenvalue weighted by molar-refractivity contribution is 5.78. The van der Waals surface area contributed by atoms with Crippen molar-refractivity contribution in [3.8, 4) is 5.95 Å². The Morgan fingerprint density at radius 3 is 2.63 bits per heavy atom. The summed E-state index contributed by atoms with van der Waals surface area (Å²) in [6.45, 7) is 5.60. The van der Waals surface area contributed by atoms with Gasteiger partial charge in [0.25, 0.3) is 5.56 Å². The number of pyridine rings is 1. The quantitative estimate of drug-likeness (QED) is 0.694. The van der Waals surface area contributed by atoms with E-state index in [1.165, 1.54) is 6.07 Å². The molecule has 7 nitrogen and oxygen atoms in total. The minimum Gasteiger partial charge on any atom is -0.300 e. The molecule has 3 heterocycles. The Kier molecular flexibility index (Phi) is 5.59. The van der Waals surface area contributed by atoms with Crippen LogP contribution >= 0.6 is 0 Å². The number of hydrogen-bond acceptors (Lipinski definition) is 5. The van der Waals surface area contributed by atoms with Crippen LogP contribution in [0, 0.1) is 20.8 Å². The molecule has 0 aliphatic heterocycles. The molecule has 3 aromatic rings. The molecule has 0 amide bonds. The number of hydrogen-bond donors (Lipinski definition) is 1. The Balaban J connectivity index is 1.68. The van der Waals surface area contributed by atoms with Crippen LogP contribution in [0.2, 0.25) is 0 Å². The average molecular weight is 365 g/mol. The lowest BCUT2D eigenvalue weighted by atomic mass is 10.0. The number of Topliss-reactive ketones (excluding diaryl/α,β-unsaturated/α-hetero) is 1. The van der Waals surface area contributed by atoms with Gasteiger partial charge in [-0.2, -0.15) is 5.10 Å². The maximum atomic E-state index is 12.3. The summed E-state index contributed by atoms with van der Waals surface area (Å²) in [5.41, 5.74) is 4.10. The van der Waals surface area contributed by atoms with Crippen LogP contribution in [0.3, 0.4) is 0 Å². The van der Waals surface area contributed by atoms with Gasteiger partial charge < -0.3 is 0 Å². The topological polar surface area (TPSA) is 93.5 Å². The second kappa shape index (κ2) is 8.07. The summed E-state index contributed by atoms with van der Waals surface area (Å²) in [4.78, 5) is 35.3. The summed E-state index contributed by atoms with van der Waals surface area (Å²) in [6, 6.07) is 7.17. The molecule has 0 atom stereocenters. The molecule has 0 spiro atoms. The lowest BCUT2D eigenvalue weighted by Gasteiger charge is -2.05. The van der Waals surface area contributed by atoms with Crippen LogP contribution in [0.1, 0.15) is 41.2 Å². The molecule has 140 valence electrons. The van der Waals surface area contributed by atoms with Gasteiger partial charge in [-0.3, -0.25) is 19.6 Å². The second-order valence-electron chi connectivity index (χ2n) is 6.63. The first-order valence-corrected chi connectivity index (χ1v) is 8.99. The Bertz CT molecular complexity index is 1000. The number of rotatable bonds is 7. The highest BCUT2D eigenvalue weighted by Gasteiger charge is 2.15. The largest absolute Gasteiger partial charge is 0.300 e. The van der Waals surface area contributed by atoms with Crippen LogP contribution < -0.4 is 5.56 Å². The number of nitrogens with zero attached hydrogens (tertiary/aromatic N) is 4. The standard InChI is InChI=1S/C20H23N5O2/c1-13-12-19(27)23-20(22-13)25-15(3)18(14(2)24-25)10-9-17(26)8-7-16-6-4-5-11-21-16/h4-6,11-12H,7-10H2,1-3H3,(H,22,23,27). The van der Waals surface area contributed by atoms with Crippen molar-refractivity contribution in [2.24, 2.45) is 0 Å². The molecule has 0 aromatic carbocycles. The van der Waals surface area contributed by atoms with E-state index in [2.05, 4.69) is 20.1 Å². The van der Waals surface area contributed by atoms with E-state index in [1.54, 1.807) is 17.8 Å². The van der Waals surface area contributed by atoms with Crippen molar-refractivity contribution in [1.29, 1.82) is 0 Å². The van der Waals surface area contributed by atoms with E-state index in [9.17, 15) is 9.59 Å². The van der Waals surface area contributed by atoms with E-state index in [-0.39, 0.29) is 11.3 Å². The number of carbonyl (C=O) groups excluding carboxylic acids is 1. The van der Waals surface area contributed by atoms with Gasteiger partial charge in [0.2, 0.25) is 5.95 Å². The van der Waals surface area contributed by atoms with Crippen LogP contribution in [0.4, 0.5) is 0 Å². The SMILES string of the molecule is Cc1cc(=O)[nH]c(-n2nc(C)c(CCC(=O)CCc3ccccn3)c2C)n1. The normalized spacial score (nSPS) is 10.9. The Morgan fingerprint density at radius 1 is 1.15 bits per heavy atom. The van der Waals surface area contributed by atoms with Gasteiger partial charge in [-0.15, -0.1) is 0 Å². The van der Waals surface area contributed by atoms with Gasteiger partial charge in [0.05, 0.1) is 5.69 Å². The van der Waals surface area contributed by atoms with Gasteiger partial charge in [-0.1, -0.05) is 6.07 Å². The minimum absolute atomic E-state index is 0.203. The van der Waals surface area contributed by atoms with E-state index in [0.717, 1.165) is 22.6 Å². The number of ketones is 1. The Hall–Kier alpha value is -3.09. The molecule has 0 aliphatic carbocycles. The fraction of sp³-hybridized carbons (Fsp3) is 0.350. The summed E-state index contributed by atoms with van der Waals surface area (Å²) in [5.74, 6) is 0.600. The Morgan fingerprint density at radius 2 is 1.93 bits per heavy atom. The number of carbonyl (C=O) groups is 1. The summed E-state index contributed by atoms with van der Waals surface area (Å²) < 4.78 is 1.64. The van der Waals surface area contributed by atoms with Crippen LogP contribution in [-0.4, -0.2) is 30.5 Å². The molecule has 3 aromatic heterocycles. The first kappa shape index (κ1) is 18.7. The predicted molar refractivity (Wildman–Crippen MR) is 102 cm³/mol. The van der Waals surface area contributed by atoms with Crippen molar-refractivity contribution in [2.75, 3.05) is 0 Å². The molecule has 0 fully saturated rings. The highest BCUT2D eigenvalue weighted by Crippen LogP contribution is 2.18. The molecule has 0 saturated carbocycles. The van der Waals surface area contributed by atoms with Crippen LogP contribution in [0.15, 0.2) is 35.3 Å². The second-order valence-corrected chi connectivity index (χ2v) is 6.63. The van der Waals surface area contributed by atoms with Crippen molar-refractivity contribution in [3.63, 3.8) is 0 Å². The highest BCUT2D eigenvalue weighted by atomic mass is 16.1. The zero-order valence-corrected chi connectivity index (χ0v) is 15.8. The average Bonchev–Trinajstić information content (AvgIpc) is 2.92. The van der Waals surface area contributed by atoms with Gasteiger partial charge in [-0.05, 0) is 51.3 Å². The lowest BCUT2D eigenvalue weighted by Crippen LogP contribution is -2.15. The number of H-pyrrole nitrogens is 1. The summed E-state index contributed by atoms with van der Waals surface area (Å²) in [5, 5.41) is 4.50. The summed E-state index contributed by atoms with van der Waals surface area (Å²) >= 11 is 0. The molecule has 0 radical (unpaired) electrons. The van der Waals surface area contributed by atoms with E-state index in [1.807, 2.05) is 32.0 Å². The maximum absolute atomic E-state index is 12.3. The zero-order valence-electron chi connectivity index (χ0n) is 15.8. The number of aromatic nitrogens is 5. The summed E-state index contributed by atoms with van der Waals surface area (Å²) in [7, 11) is 0. The predicted octanol–water partition coefficient (Wildman–Crippen LogP) is 2.41. The van der Waals surface area contributed by atoms with Crippen molar-refractivity contribution < 1.29 is 4.79 Å². The molecule has 0 bridgehead atoms. The first-order chi connectivity index (χ1) is 12.9. The van der Waals surface area contributed by atoms with Crippen LogP contribution in [0.5, 0.6) is 0 Å². The molecule has 7 heteroatoms. The molecular formula is C20H23N5O2. The van der Waals surface area contributed by atoms with Crippen LogP contribution in [0.25, 0.3) is 5.95 Å². The van der Waals surface area contributed by atoms with Gasteiger partial charge >= 0.3 is 0 Å². The molecule has 27 heavy (non-hydrogen) atoms. The van der Waals surface area contributed by atoms with Gasteiger partial charge in [-0.25, -0.2) is 9.67 Å². The van der Waals surface area contributed by atoms with E-state index < -0.39 is 0 Å². The van der Waals surface area contributed by atoms with E-state index in [4.69, 9.17) is 0 Å². The monoisotopic (exact) mass is 365 g/mol. The van der Waals surface area contributed by atoms with Crippen molar-refractivity contribution in [1.82, 2.24) is 24.7 Å². The molecular weight excluding hydrogens is 342 g/mol. The Labute approximate surface area is 157 Å². The third-order valence-corrected chi connectivity index (χ3v) is 4.54. The molecule has 0 saturated heterocycles. The van der Waals surface area contributed by atoms with Crippen molar-refractivity contribution in [2.45, 2.75) is 46.5 Å². The molecule has 0 aliphatic rings. The van der Waals surface area contributed by atoms with Crippen molar-refractivity contribution in [3.05, 3.63) is 69.2 Å². The maximum Gasteiger partial charge on any atom is 0.252 e. The zero-order chi connectivity index (χ0) is 19.4. The fourth-order valence-electron chi connectivity index (χ4n) is 3.11. The first-order valence-electron chi connectivity index (χ1n) is 8.99. The number of aryl methyl sites for hydroxylation is 3. The number of nitrogens with one attached hydrogen (secondary N) is 1. The van der Waals surface area contributed by atoms with Gasteiger partial charge in [0.1, 0.15) is 5.78 Å². The van der Waals surface area contributed by atoms with Crippen LogP contribution in [-0.2, 0) is 17.6 Å².